The molecular weight excluding hydrogens is 586 g/mol. The molecule has 274 valence electrons. The van der Waals surface area contributed by atoms with Crippen LogP contribution in [0.25, 0.3) is 0 Å². The Morgan fingerprint density at radius 1 is 0.652 bits per heavy atom. The van der Waals surface area contributed by atoms with Crippen LogP contribution in [0.5, 0.6) is 0 Å². The maximum atomic E-state index is 13.4. The van der Waals surface area contributed by atoms with Gasteiger partial charge in [0, 0.05) is 50.0 Å². The molecule has 0 aliphatic heterocycles. The third-order valence-electron chi connectivity index (χ3n) is 7.24. The third kappa shape index (κ3) is 23.6. The summed E-state index contributed by atoms with van der Waals surface area (Å²) in [6, 6.07) is -0.704. The fourth-order valence-corrected chi connectivity index (χ4v) is 4.56. The van der Waals surface area contributed by atoms with Crippen LogP contribution in [0.15, 0.2) is 0 Å². The van der Waals surface area contributed by atoms with E-state index in [1.165, 1.54) is 0 Å². The van der Waals surface area contributed by atoms with E-state index < -0.39 is 11.5 Å². The molecule has 46 heavy (non-hydrogen) atoms. The molecule has 0 aromatic heterocycles. The lowest BCUT2D eigenvalue weighted by Crippen LogP contribution is -2.52. The van der Waals surface area contributed by atoms with Gasteiger partial charge in [0.25, 0.3) is 0 Å². The minimum atomic E-state index is -0.837. The first-order valence-electron chi connectivity index (χ1n) is 17.4. The fraction of sp³-hybridized carbons (Fsp3) is 0.917. The van der Waals surface area contributed by atoms with E-state index in [9.17, 15) is 14.4 Å². The number of amides is 3. The summed E-state index contributed by atoms with van der Waals surface area (Å²) in [7, 11) is 3.34. The summed E-state index contributed by atoms with van der Waals surface area (Å²) in [5, 5.41) is 9.00. The Bertz CT molecular complexity index is 828. The number of hydrogen-bond acceptors (Lipinski definition) is 7. The molecule has 0 heterocycles. The number of unbranched alkanes of at least 4 members (excludes halogenated alkanes) is 3. The molecule has 0 radical (unpaired) electrons. The quantitative estimate of drug-likeness (QED) is 0.0987. The SMILES string of the molecule is CC.CCCCCC(=O)NCCCCC(NC(=O)C(C)(C)COCC(C)(C)COC)C(=O)NCC(C)(C)COCC(C)(C)COC. The van der Waals surface area contributed by atoms with Crippen LogP contribution in [-0.4, -0.2) is 90.7 Å². The van der Waals surface area contributed by atoms with Crippen LogP contribution in [0.4, 0.5) is 0 Å². The Morgan fingerprint density at radius 2 is 1.17 bits per heavy atom. The summed E-state index contributed by atoms with van der Waals surface area (Å²) in [6.45, 7) is 25.9. The summed E-state index contributed by atoms with van der Waals surface area (Å²) in [5.74, 6) is -0.409. The van der Waals surface area contributed by atoms with E-state index in [1.807, 2.05) is 55.4 Å². The van der Waals surface area contributed by atoms with Gasteiger partial charge >= 0.3 is 0 Å². The maximum Gasteiger partial charge on any atom is 0.242 e. The molecule has 3 N–H and O–H groups in total. The number of carbonyl (C=O) groups is 3. The highest BCUT2D eigenvalue weighted by atomic mass is 16.5. The van der Waals surface area contributed by atoms with Gasteiger partial charge in [0.1, 0.15) is 6.04 Å². The van der Waals surface area contributed by atoms with Crippen molar-refractivity contribution in [3.8, 4) is 0 Å². The lowest BCUT2D eigenvalue weighted by atomic mass is 9.91. The van der Waals surface area contributed by atoms with E-state index in [-0.39, 0.29) is 40.6 Å². The first-order chi connectivity index (χ1) is 21.4. The summed E-state index contributed by atoms with van der Waals surface area (Å²) in [5.41, 5.74) is -1.42. The van der Waals surface area contributed by atoms with Crippen molar-refractivity contribution in [2.45, 2.75) is 127 Å². The zero-order valence-corrected chi connectivity index (χ0v) is 32.0. The Kier molecular flexibility index (Phi) is 24.6. The Morgan fingerprint density at radius 3 is 1.70 bits per heavy atom. The summed E-state index contributed by atoms with van der Waals surface area (Å²) in [6.07, 6.45) is 5.42. The van der Waals surface area contributed by atoms with Gasteiger partial charge < -0.3 is 34.9 Å². The molecule has 0 aromatic carbocycles. The molecule has 0 saturated carbocycles. The van der Waals surface area contributed by atoms with Crippen molar-refractivity contribution in [1.29, 1.82) is 0 Å². The van der Waals surface area contributed by atoms with Crippen molar-refractivity contribution >= 4 is 17.7 Å². The topological polar surface area (TPSA) is 124 Å². The standard InChI is InChI=1S/C34H67N3O7.C2H6/c1-12-13-14-18-28(38)35-19-16-15-17-27(37-30(40)34(8,9)26-44-25-33(6,7)22-42-11)29(39)36-20-31(2,3)23-43-24-32(4,5)21-41-10;1-2/h27H,12-26H2,1-11H3,(H,35,38)(H,36,39)(H,37,40);1-2H3. The predicted octanol–water partition coefficient (Wildman–Crippen LogP) is 5.91. The van der Waals surface area contributed by atoms with Crippen molar-refractivity contribution in [1.82, 2.24) is 16.0 Å². The molecule has 0 saturated heterocycles. The van der Waals surface area contributed by atoms with Crippen molar-refractivity contribution in [2.75, 3.05) is 67.0 Å². The summed E-state index contributed by atoms with van der Waals surface area (Å²) in [4.78, 5) is 38.8. The van der Waals surface area contributed by atoms with Crippen molar-refractivity contribution in [3.05, 3.63) is 0 Å². The van der Waals surface area contributed by atoms with Gasteiger partial charge in [0.15, 0.2) is 0 Å². The smallest absolute Gasteiger partial charge is 0.242 e. The number of rotatable bonds is 26. The largest absolute Gasteiger partial charge is 0.384 e. The second-order valence-electron chi connectivity index (χ2n) is 15.3. The van der Waals surface area contributed by atoms with Crippen molar-refractivity contribution in [3.63, 3.8) is 0 Å². The van der Waals surface area contributed by atoms with Gasteiger partial charge in [-0.25, -0.2) is 0 Å². The second-order valence-corrected chi connectivity index (χ2v) is 15.3. The minimum Gasteiger partial charge on any atom is -0.384 e. The van der Waals surface area contributed by atoms with E-state index in [4.69, 9.17) is 18.9 Å². The van der Waals surface area contributed by atoms with Gasteiger partial charge in [-0.2, -0.15) is 0 Å². The monoisotopic (exact) mass is 660 g/mol. The van der Waals surface area contributed by atoms with Gasteiger partial charge in [-0.1, -0.05) is 75.2 Å². The molecule has 0 spiro atoms. The highest BCUT2D eigenvalue weighted by molar-refractivity contribution is 5.89. The highest BCUT2D eigenvalue weighted by Gasteiger charge is 2.33. The molecule has 0 rings (SSSR count). The van der Waals surface area contributed by atoms with Crippen LogP contribution < -0.4 is 16.0 Å². The van der Waals surface area contributed by atoms with E-state index in [0.29, 0.717) is 65.4 Å². The molecule has 1 atom stereocenters. The average molecular weight is 660 g/mol. The minimum absolute atomic E-state index is 0.0616. The number of hydrogen-bond donors (Lipinski definition) is 3. The van der Waals surface area contributed by atoms with E-state index in [2.05, 4.69) is 36.7 Å². The number of methoxy groups -OCH3 is 2. The Labute approximate surface area is 282 Å². The first kappa shape index (κ1) is 46.4. The molecule has 10 heteroatoms. The van der Waals surface area contributed by atoms with E-state index in [0.717, 1.165) is 25.7 Å². The van der Waals surface area contributed by atoms with Gasteiger partial charge in [0.2, 0.25) is 17.7 Å². The number of nitrogens with one attached hydrogen (secondary N) is 3. The van der Waals surface area contributed by atoms with Crippen LogP contribution in [-0.2, 0) is 33.3 Å². The van der Waals surface area contributed by atoms with Crippen molar-refractivity contribution in [2.24, 2.45) is 21.7 Å². The highest BCUT2D eigenvalue weighted by Crippen LogP contribution is 2.22. The summed E-state index contributed by atoms with van der Waals surface area (Å²) < 4.78 is 22.4. The number of carbonyl (C=O) groups excluding carboxylic acids is 3. The maximum absolute atomic E-state index is 13.4. The average Bonchev–Trinajstić information content (AvgIpc) is 2.95. The molecule has 0 bridgehead atoms. The molecule has 3 amide bonds. The molecule has 0 aliphatic carbocycles. The first-order valence-corrected chi connectivity index (χ1v) is 17.4. The second kappa shape index (κ2) is 24.4. The van der Waals surface area contributed by atoms with Crippen LogP contribution in [0, 0.1) is 21.7 Å². The lowest BCUT2D eigenvalue weighted by Gasteiger charge is -2.31. The molecule has 0 aromatic rings. The number of ether oxygens (including phenoxy) is 4. The fourth-order valence-electron chi connectivity index (χ4n) is 4.56. The van der Waals surface area contributed by atoms with Crippen molar-refractivity contribution < 1.29 is 33.3 Å². The zero-order valence-electron chi connectivity index (χ0n) is 32.0. The normalized spacial score (nSPS) is 13.0. The van der Waals surface area contributed by atoms with Crippen LogP contribution in [0.2, 0.25) is 0 Å². The van der Waals surface area contributed by atoms with Crippen LogP contribution in [0.3, 0.4) is 0 Å². The Hall–Kier alpha value is -1.75. The summed E-state index contributed by atoms with van der Waals surface area (Å²) >= 11 is 0. The van der Waals surface area contributed by atoms with Crippen LogP contribution in [0.1, 0.15) is 121 Å². The van der Waals surface area contributed by atoms with Gasteiger partial charge in [0.05, 0.1) is 45.1 Å². The molecule has 10 nitrogen and oxygen atoms in total. The van der Waals surface area contributed by atoms with Crippen LogP contribution >= 0.6 is 0 Å². The zero-order chi connectivity index (χ0) is 35.9. The lowest BCUT2D eigenvalue weighted by molar-refractivity contribution is -0.137. The predicted molar refractivity (Wildman–Crippen MR) is 188 cm³/mol. The molecule has 1 unspecified atom stereocenters. The van der Waals surface area contributed by atoms with Gasteiger partial charge in [-0.05, 0) is 39.5 Å². The molecule has 0 fully saturated rings. The molecule has 0 aliphatic rings. The van der Waals surface area contributed by atoms with E-state index in [1.54, 1.807) is 14.2 Å². The Balaban J connectivity index is 0. The molecular formula is C36H73N3O7. The van der Waals surface area contributed by atoms with Gasteiger partial charge in [-0.3, -0.25) is 14.4 Å². The van der Waals surface area contributed by atoms with Gasteiger partial charge in [-0.15, -0.1) is 0 Å². The van der Waals surface area contributed by atoms with E-state index >= 15 is 0 Å². The third-order valence-corrected chi connectivity index (χ3v) is 7.24.